The molecule has 24 heavy (non-hydrogen) atoms. The summed E-state index contributed by atoms with van der Waals surface area (Å²) in [6.45, 7) is 11.5. The second kappa shape index (κ2) is 8.72. The van der Waals surface area contributed by atoms with Crippen LogP contribution in [0, 0.1) is 5.41 Å². The predicted molar refractivity (Wildman–Crippen MR) is 102 cm³/mol. The molecule has 0 radical (unpaired) electrons. The lowest BCUT2D eigenvalue weighted by Gasteiger charge is -2.39. The molecule has 0 spiro atoms. The van der Waals surface area contributed by atoms with Gasteiger partial charge in [-0.05, 0) is 61.8 Å². The standard InChI is InChI=1S/C20H36N2O2/c1-9-20(5,14-19(3,4)13-15(2)22-21-6)16-10-17(23-7)12-18(11-16)24-8/h10-12,15,21-22H,9,13-14H2,1-8H3. The van der Waals surface area contributed by atoms with Crippen LogP contribution in [0.25, 0.3) is 0 Å². The van der Waals surface area contributed by atoms with Crippen LogP contribution in [-0.2, 0) is 5.41 Å². The van der Waals surface area contributed by atoms with E-state index in [1.54, 1.807) is 14.2 Å². The van der Waals surface area contributed by atoms with Gasteiger partial charge in [0, 0.05) is 12.1 Å². The summed E-state index contributed by atoms with van der Waals surface area (Å²) < 4.78 is 10.9. The molecule has 1 aromatic carbocycles. The monoisotopic (exact) mass is 336 g/mol. The zero-order valence-corrected chi connectivity index (χ0v) is 16.7. The van der Waals surface area contributed by atoms with Crippen LogP contribution < -0.4 is 20.3 Å². The molecule has 0 aliphatic heterocycles. The van der Waals surface area contributed by atoms with E-state index in [1.807, 2.05) is 13.1 Å². The van der Waals surface area contributed by atoms with Crippen LogP contribution in [0.4, 0.5) is 0 Å². The van der Waals surface area contributed by atoms with E-state index in [2.05, 4.69) is 57.6 Å². The summed E-state index contributed by atoms with van der Waals surface area (Å²) in [7, 11) is 5.33. The Labute approximate surface area is 148 Å². The number of hydrogen-bond acceptors (Lipinski definition) is 4. The fraction of sp³-hybridized carbons (Fsp3) is 0.700. The molecule has 4 heteroatoms. The molecule has 0 amide bonds. The first-order valence-electron chi connectivity index (χ1n) is 8.85. The van der Waals surface area contributed by atoms with Gasteiger partial charge < -0.3 is 9.47 Å². The molecule has 0 fully saturated rings. The molecule has 0 saturated heterocycles. The molecule has 0 aliphatic carbocycles. The van der Waals surface area contributed by atoms with Crippen molar-refractivity contribution >= 4 is 0 Å². The van der Waals surface area contributed by atoms with Gasteiger partial charge in [-0.2, -0.15) is 0 Å². The maximum atomic E-state index is 5.47. The SMILES string of the molecule is CCC(C)(CC(C)(C)CC(C)NNC)c1cc(OC)cc(OC)c1. The molecule has 0 saturated carbocycles. The highest BCUT2D eigenvalue weighted by atomic mass is 16.5. The Morgan fingerprint density at radius 2 is 1.58 bits per heavy atom. The average molecular weight is 337 g/mol. The third-order valence-corrected chi connectivity index (χ3v) is 4.95. The van der Waals surface area contributed by atoms with Crippen LogP contribution >= 0.6 is 0 Å². The Morgan fingerprint density at radius 3 is 2.00 bits per heavy atom. The first kappa shape index (κ1) is 20.8. The zero-order valence-electron chi connectivity index (χ0n) is 16.7. The van der Waals surface area contributed by atoms with Crippen molar-refractivity contribution < 1.29 is 9.47 Å². The second-order valence-electron chi connectivity index (χ2n) is 7.86. The first-order chi connectivity index (χ1) is 11.2. The number of hydrazine groups is 1. The van der Waals surface area contributed by atoms with Gasteiger partial charge in [0.2, 0.25) is 0 Å². The Kier molecular flexibility index (Phi) is 7.56. The van der Waals surface area contributed by atoms with Gasteiger partial charge in [0.05, 0.1) is 14.2 Å². The van der Waals surface area contributed by atoms with Crippen LogP contribution in [0.3, 0.4) is 0 Å². The van der Waals surface area contributed by atoms with Gasteiger partial charge in [0.1, 0.15) is 11.5 Å². The van der Waals surface area contributed by atoms with Gasteiger partial charge in [0.15, 0.2) is 0 Å². The third kappa shape index (κ3) is 5.67. The fourth-order valence-corrected chi connectivity index (χ4v) is 3.84. The van der Waals surface area contributed by atoms with E-state index in [0.717, 1.165) is 30.8 Å². The van der Waals surface area contributed by atoms with E-state index >= 15 is 0 Å². The predicted octanol–water partition coefficient (Wildman–Crippen LogP) is 4.29. The minimum atomic E-state index is 0.0741. The number of methoxy groups -OCH3 is 2. The van der Waals surface area contributed by atoms with E-state index in [1.165, 1.54) is 5.56 Å². The molecule has 2 unspecified atom stereocenters. The third-order valence-electron chi connectivity index (χ3n) is 4.95. The average Bonchev–Trinajstić information content (AvgIpc) is 2.53. The highest BCUT2D eigenvalue weighted by Crippen LogP contribution is 2.43. The summed E-state index contributed by atoms with van der Waals surface area (Å²) in [5.74, 6) is 1.71. The van der Waals surface area contributed by atoms with Crippen LogP contribution in [0.5, 0.6) is 11.5 Å². The maximum Gasteiger partial charge on any atom is 0.122 e. The molecule has 4 nitrogen and oxygen atoms in total. The quantitative estimate of drug-likeness (QED) is 0.626. The number of ether oxygens (including phenoxy) is 2. The number of rotatable bonds is 10. The zero-order chi connectivity index (χ0) is 18.4. The van der Waals surface area contributed by atoms with E-state index in [4.69, 9.17) is 9.47 Å². The molecular weight excluding hydrogens is 300 g/mol. The van der Waals surface area contributed by atoms with Gasteiger partial charge in [-0.15, -0.1) is 0 Å². The summed E-state index contributed by atoms with van der Waals surface area (Å²) in [6.07, 6.45) is 3.27. The highest BCUT2D eigenvalue weighted by Gasteiger charge is 2.34. The van der Waals surface area contributed by atoms with Crippen molar-refractivity contribution in [3.63, 3.8) is 0 Å². The fourth-order valence-electron chi connectivity index (χ4n) is 3.84. The maximum absolute atomic E-state index is 5.47. The van der Waals surface area contributed by atoms with Crippen LogP contribution in [-0.4, -0.2) is 27.3 Å². The second-order valence-corrected chi connectivity index (χ2v) is 7.86. The smallest absolute Gasteiger partial charge is 0.122 e. The number of benzene rings is 1. The molecule has 1 rings (SSSR count). The van der Waals surface area contributed by atoms with Crippen molar-refractivity contribution in [1.29, 1.82) is 0 Å². The van der Waals surface area contributed by atoms with E-state index < -0.39 is 0 Å². The lowest BCUT2D eigenvalue weighted by molar-refractivity contribution is 0.198. The molecule has 2 atom stereocenters. The van der Waals surface area contributed by atoms with Crippen molar-refractivity contribution in [1.82, 2.24) is 10.9 Å². The minimum Gasteiger partial charge on any atom is -0.497 e. The van der Waals surface area contributed by atoms with Crippen LogP contribution in [0.15, 0.2) is 18.2 Å². The first-order valence-corrected chi connectivity index (χ1v) is 8.85. The minimum absolute atomic E-state index is 0.0741. The summed E-state index contributed by atoms with van der Waals surface area (Å²) in [5, 5.41) is 0. The lowest BCUT2D eigenvalue weighted by atomic mass is 9.67. The summed E-state index contributed by atoms with van der Waals surface area (Å²) in [6, 6.07) is 6.66. The van der Waals surface area contributed by atoms with E-state index in [0.29, 0.717) is 6.04 Å². The van der Waals surface area contributed by atoms with Gasteiger partial charge in [-0.3, -0.25) is 10.9 Å². The molecule has 2 N–H and O–H groups in total. The number of nitrogens with one attached hydrogen (secondary N) is 2. The van der Waals surface area contributed by atoms with Crippen molar-refractivity contribution in [2.75, 3.05) is 21.3 Å². The summed E-state index contributed by atoms with van der Waals surface area (Å²) in [4.78, 5) is 0. The molecular formula is C20H36N2O2. The Morgan fingerprint density at radius 1 is 1.04 bits per heavy atom. The Hall–Kier alpha value is -1.26. The molecule has 1 aromatic rings. The summed E-state index contributed by atoms with van der Waals surface area (Å²) >= 11 is 0. The van der Waals surface area contributed by atoms with Crippen LogP contribution in [0.2, 0.25) is 0 Å². The van der Waals surface area contributed by atoms with Crippen molar-refractivity contribution in [2.24, 2.45) is 5.41 Å². The molecule has 0 aliphatic rings. The van der Waals surface area contributed by atoms with Crippen LogP contribution in [0.1, 0.15) is 59.4 Å². The van der Waals surface area contributed by atoms with Crippen molar-refractivity contribution in [2.45, 2.75) is 65.3 Å². The van der Waals surface area contributed by atoms with Gasteiger partial charge in [-0.25, -0.2) is 0 Å². The Balaban J connectivity index is 3.08. The topological polar surface area (TPSA) is 42.5 Å². The Bertz CT molecular complexity index is 494. The molecule has 0 aromatic heterocycles. The highest BCUT2D eigenvalue weighted by molar-refractivity contribution is 5.41. The normalized spacial score (nSPS) is 15.7. The van der Waals surface area contributed by atoms with E-state index in [9.17, 15) is 0 Å². The van der Waals surface area contributed by atoms with Crippen molar-refractivity contribution in [3.05, 3.63) is 23.8 Å². The lowest BCUT2D eigenvalue weighted by Crippen LogP contribution is -2.40. The largest absolute Gasteiger partial charge is 0.497 e. The van der Waals surface area contributed by atoms with Gasteiger partial charge >= 0.3 is 0 Å². The molecule has 0 heterocycles. The summed E-state index contributed by atoms with van der Waals surface area (Å²) in [5.41, 5.74) is 7.91. The van der Waals surface area contributed by atoms with Crippen molar-refractivity contribution in [3.8, 4) is 11.5 Å². The molecule has 138 valence electrons. The molecule has 0 bridgehead atoms. The van der Waals surface area contributed by atoms with Gasteiger partial charge in [-0.1, -0.05) is 27.7 Å². The van der Waals surface area contributed by atoms with Gasteiger partial charge in [0.25, 0.3) is 0 Å². The van der Waals surface area contributed by atoms with E-state index in [-0.39, 0.29) is 10.8 Å². The number of hydrogen-bond donors (Lipinski definition) is 2.